The van der Waals surface area contributed by atoms with Gasteiger partial charge in [-0.3, -0.25) is 13.9 Å². The summed E-state index contributed by atoms with van der Waals surface area (Å²) in [5, 5.41) is 2.66. The molecule has 0 fully saturated rings. The number of sulfonamides is 1. The summed E-state index contributed by atoms with van der Waals surface area (Å²) in [6.45, 7) is 2.11. The summed E-state index contributed by atoms with van der Waals surface area (Å²) in [6, 6.07) is 20.2. The normalized spacial score (nSPS) is 11.0. The van der Waals surface area contributed by atoms with Crippen LogP contribution in [-0.4, -0.2) is 26.5 Å². The second-order valence-electron chi connectivity index (χ2n) is 7.11. The molecule has 3 aromatic rings. The number of primary amides is 1. The van der Waals surface area contributed by atoms with Crippen molar-refractivity contribution < 1.29 is 18.0 Å². The summed E-state index contributed by atoms with van der Waals surface area (Å²) in [4.78, 5) is 24.1. The van der Waals surface area contributed by atoms with Gasteiger partial charge < -0.3 is 11.1 Å². The number of amides is 2. The molecule has 3 rings (SSSR count). The zero-order valence-corrected chi connectivity index (χ0v) is 18.0. The Kier molecular flexibility index (Phi) is 6.41. The number of nitrogens with zero attached hydrogens (tertiary/aromatic N) is 1. The minimum Gasteiger partial charge on any atom is -0.366 e. The molecule has 2 amide bonds. The van der Waals surface area contributed by atoms with E-state index in [0.29, 0.717) is 16.9 Å². The maximum absolute atomic E-state index is 12.6. The lowest BCUT2D eigenvalue weighted by Gasteiger charge is -2.23. The molecule has 3 N–H and O–H groups in total. The van der Waals surface area contributed by atoms with Gasteiger partial charge in [0.25, 0.3) is 11.8 Å². The summed E-state index contributed by atoms with van der Waals surface area (Å²) in [6.07, 6.45) is 1.15. The van der Waals surface area contributed by atoms with Crippen LogP contribution in [0.1, 0.15) is 31.8 Å². The Bertz CT molecular complexity index is 1220. The van der Waals surface area contributed by atoms with Gasteiger partial charge in [0, 0.05) is 5.56 Å². The van der Waals surface area contributed by atoms with Crippen molar-refractivity contribution >= 4 is 33.2 Å². The fourth-order valence-electron chi connectivity index (χ4n) is 3.12. The van der Waals surface area contributed by atoms with E-state index < -0.39 is 21.8 Å². The molecule has 0 aliphatic heterocycles. The Morgan fingerprint density at radius 2 is 1.55 bits per heavy atom. The molecule has 0 unspecified atom stereocenters. The van der Waals surface area contributed by atoms with Crippen LogP contribution in [0.3, 0.4) is 0 Å². The molecule has 0 atom stereocenters. The van der Waals surface area contributed by atoms with Crippen LogP contribution in [0.15, 0.2) is 72.8 Å². The second-order valence-corrected chi connectivity index (χ2v) is 9.01. The topological polar surface area (TPSA) is 110 Å². The van der Waals surface area contributed by atoms with Gasteiger partial charge in [0.2, 0.25) is 10.0 Å². The molecule has 0 aliphatic rings. The molecule has 0 spiro atoms. The molecule has 0 saturated heterocycles. The third-order valence-corrected chi connectivity index (χ3v) is 5.97. The number of aryl methyl sites for hydroxylation is 1. The van der Waals surface area contributed by atoms with E-state index in [1.165, 1.54) is 22.5 Å². The van der Waals surface area contributed by atoms with Crippen molar-refractivity contribution in [3.05, 3.63) is 95.1 Å². The highest BCUT2D eigenvalue weighted by molar-refractivity contribution is 7.92. The number of rotatable bonds is 7. The van der Waals surface area contributed by atoms with Gasteiger partial charge in [0.1, 0.15) is 0 Å². The third kappa shape index (κ3) is 5.29. The van der Waals surface area contributed by atoms with E-state index in [0.717, 1.165) is 17.4 Å². The maximum atomic E-state index is 12.6. The first kappa shape index (κ1) is 22.0. The highest BCUT2D eigenvalue weighted by Gasteiger charge is 2.19. The van der Waals surface area contributed by atoms with Crippen molar-refractivity contribution in [2.24, 2.45) is 5.73 Å². The monoisotopic (exact) mass is 437 g/mol. The minimum absolute atomic E-state index is 0.184. The number of hydrogen-bond donors (Lipinski definition) is 2. The van der Waals surface area contributed by atoms with Gasteiger partial charge >= 0.3 is 0 Å². The van der Waals surface area contributed by atoms with Crippen LogP contribution in [0.2, 0.25) is 0 Å². The number of carbonyl (C=O) groups excluding carboxylic acids is 2. The van der Waals surface area contributed by atoms with E-state index in [9.17, 15) is 18.0 Å². The molecular formula is C23H23N3O4S. The first-order valence-corrected chi connectivity index (χ1v) is 11.3. The molecule has 0 radical (unpaired) electrons. The summed E-state index contributed by atoms with van der Waals surface area (Å²) >= 11 is 0. The SMILES string of the molecule is Cc1ccccc1CN(c1ccc(C(=O)Nc2ccccc2C(N)=O)cc1)S(C)(=O)=O. The van der Waals surface area contributed by atoms with Crippen molar-refractivity contribution in [2.45, 2.75) is 13.5 Å². The molecule has 0 aromatic heterocycles. The first-order valence-electron chi connectivity index (χ1n) is 9.49. The van der Waals surface area contributed by atoms with Crippen molar-refractivity contribution in [3.8, 4) is 0 Å². The largest absolute Gasteiger partial charge is 0.366 e. The molecule has 0 heterocycles. The number of para-hydroxylation sites is 1. The summed E-state index contributed by atoms with van der Waals surface area (Å²) < 4.78 is 26.1. The predicted octanol–water partition coefficient (Wildman–Crippen LogP) is 3.31. The van der Waals surface area contributed by atoms with Gasteiger partial charge in [-0.15, -0.1) is 0 Å². The molecule has 7 nitrogen and oxygen atoms in total. The smallest absolute Gasteiger partial charge is 0.255 e. The van der Waals surface area contributed by atoms with Crippen LogP contribution in [0.25, 0.3) is 0 Å². The maximum Gasteiger partial charge on any atom is 0.255 e. The van der Waals surface area contributed by atoms with Crippen LogP contribution in [0.5, 0.6) is 0 Å². The van der Waals surface area contributed by atoms with E-state index in [2.05, 4.69) is 5.32 Å². The van der Waals surface area contributed by atoms with Gasteiger partial charge in [-0.1, -0.05) is 36.4 Å². The molecule has 0 aliphatic carbocycles. The lowest BCUT2D eigenvalue weighted by Crippen LogP contribution is -2.29. The van der Waals surface area contributed by atoms with Gasteiger partial charge in [0.05, 0.1) is 29.7 Å². The molecule has 0 saturated carbocycles. The fourth-order valence-corrected chi connectivity index (χ4v) is 4.00. The number of nitrogens with two attached hydrogens (primary N) is 1. The average Bonchev–Trinajstić information content (AvgIpc) is 2.72. The number of hydrogen-bond acceptors (Lipinski definition) is 4. The zero-order chi connectivity index (χ0) is 22.6. The summed E-state index contributed by atoms with van der Waals surface area (Å²) in [5.74, 6) is -1.09. The Labute approximate surface area is 181 Å². The molecule has 31 heavy (non-hydrogen) atoms. The van der Waals surface area contributed by atoms with E-state index in [4.69, 9.17) is 5.73 Å². The summed E-state index contributed by atoms with van der Waals surface area (Å²) in [7, 11) is -3.55. The molecule has 160 valence electrons. The number of carbonyl (C=O) groups is 2. The van der Waals surface area contributed by atoms with Crippen molar-refractivity contribution in [3.63, 3.8) is 0 Å². The summed E-state index contributed by atoms with van der Waals surface area (Å²) in [5.41, 5.74) is 8.48. The Morgan fingerprint density at radius 3 is 2.16 bits per heavy atom. The van der Waals surface area contributed by atoms with Gasteiger partial charge in [-0.05, 0) is 54.4 Å². The lowest BCUT2D eigenvalue weighted by molar-refractivity contribution is 0.100. The standard InChI is InChI=1S/C23H23N3O4S/c1-16-7-3-4-8-18(16)15-26(31(2,29)30)19-13-11-17(12-14-19)23(28)25-21-10-6-5-9-20(21)22(24)27/h3-14H,15H2,1-2H3,(H2,24,27)(H,25,28). The van der Waals surface area contributed by atoms with Crippen LogP contribution in [0, 0.1) is 6.92 Å². The van der Waals surface area contributed by atoms with E-state index >= 15 is 0 Å². The highest BCUT2D eigenvalue weighted by Crippen LogP contribution is 2.23. The minimum atomic E-state index is -3.55. The number of benzene rings is 3. The fraction of sp³-hybridized carbons (Fsp3) is 0.130. The second kappa shape index (κ2) is 9.01. The van der Waals surface area contributed by atoms with Crippen molar-refractivity contribution in [1.29, 1.82) is 0 Å². The quantitative estimate of drug-likeness (QED) is 0.591. The lowest BCUT2D eigenvalue weighted by atomic mass is 10.1. The Morgan fingerprint density at radius 1 is 0.935 bits per heavy atom. The van der Waals surface area contributed by atoms with Crippen LogP contribution >= 0.6 is 0 Å². The third-order valence-electron chi connectivity index (χ3n) is 4.83. The van der Waals surface area contributed by atoms with Gasteiger partial charge in [-0.25, -0.2) is 8.42 Å². The van der Waals surface area contributed by atoms with E-state index in [1.54, 1.807) is 30.3 Å². The van der Waals surface area contributed by atoms with Crippen LogP contribution in [0.4, 0.5) is 11.4 Å². The Balaban J connectivity index is 1.84. The highest BCUT2D eigenvalue weighted by atomic mass is 32.2. The molecule has 8 heteroatoms. The van der Waals surface area contributed by atoms with E-state index in [-0.39, 0.29) is 12.1 Å². The average molecular weight is 438 g/mol. The van der Waals surface area contributed by atoms with Crippen LogP contribution in [-0.2, 0) is 16.6 Å². The Hall–Kier alpha value is -3.65. The van der Waals surface area contributed by atoms with Gasteiger partial charge in [0.15, 0.2) is 0 Å². The molecular weight excluding hydrogens is 414 g/mol. The number of anilines is 2. The zero-order valence-electron chi connectivity index (χ0n) is 17.2. The molecule has 3 aromatic carbocycles. The van der Waals surface area contributed by atoms with Crippen LogP contribution < -0.4 is 15.4 Å². The number of nitrogens with one attached hydrogen (secondary N) is 1. The van der Waals surface area contributed by atoms with Gasteiger partial charge in [-0.2, -0.15) is 0 Å². The van der Waals surface area contributed by atoms with Crippen molar-refractivity contribution in [2.75, 3.05) is 15.9 Å². The van der Waals surface area contributed by atoms with Crippen molar-refractivity contribution in [1.82, 2.24) is 0 Å². The first-order chi connectivity index (χ1) is 14.7. The predicted molar refractivity (Wildman–Crippen MR) is 122 cm³/mol. The molecule has 0 bridgehead atoms. The van der Waals surface area contributed by atoms with E-state index in [1.807, 2.05) is 31.2 Å².